The summed E-state index contributed by atoms with van der Waals surface area (Å²) in [7, 11) is 0. The van der Waals surface area contributed by atoms with Crippen molar-refractivity contribution in [1.82, 2.24) is 0 Å². The van der Waals surface area contributed by atoms with Crippen molar-refractivity contribution < 1.29 is 4.79 Å². The number of hydrogen-bond acceptors (Lipinski definition) is 1. The third kappa shape index (κ3) is 4.25. The second-order valence-electron chi connectivity index (χ2n) is 4.76. The van der Waals surface area contributed by atoms with Crippen LogP contribution in [0.3, 0.4) is 0 Å². The summed E-state index contributed by atoms with van der Waals surface area (Å²) < 4.78 is 0. The van der Waals surface area contributed by atoms with Gasteiger partial charge in [-0.3, -0.25) is 4.79 Å². The van der Waals surface area contributed by atoms with Crippen LogP contribution in [0.4, 0.5) is 5.69 Å². The molecule has 0 fully saturated rings. The molecular weight excluding hydrogens is 234 g/mol. The minimum atomic E-state index is 0.0778. The van der Waals surface area contributed by atoms with Gasteiger partial charge >= 0.3 is 0 Å². The second kappa shape index (κ2) is 6.74. The third-order valence-electron chi connectivity index (χ3n) is 3.23. The standard InChI is InChI=1S/C17H19NO/c1-14(15-8-4-2-5-9-15)12-13-17(19)18-16-10-6-3-7-11-16/h2-11,14H,12-13H2,1H3,(H,18,19)/t14-/m1/s1. The lowest BCUT2D eigenvalue weighted by atomic mass is 9.96. The van der Waals surface area contributed by atoms with Gasteiger partial charge in [0.05, 0.1) is 0 Å². The topological polar surface area (TPSA) is 29.1 Å². The first-order chi connectivity index (χ1) is 9.25. The van der Waals surface area contributed by atoms with Crippen LogP contribution in [0, 0.1) is 0 Å². The monoisotopic (exact) mass is 253 g/mol. The van der Waals surface area contributed by atoms with Crippen molar-refractivity contribution in [3.8, 4) is 0 Å². The number of benzene rings is 2. The Morgan fingerprint density at radius 2 is 1.58 bits per heavy atom. The lowest BCUT2D eigenvalue weighted by Gasteiger charge is -2.11. The van der Waals surface area contributed by atoms with Gasteiger partial charge in [0.15, 0.2) is 0 Å². The zero-order chi connectivity index (χ0) is 13.5. The molecule has 0 aliphatic carbocycles. The molecule has 2 aromatic rings. The van der Waals surface area contributed by atoms with Gasteiger partial charge < -0.3 is 5.32 Å². The van der Waals surface area contributed by atoms with Crippen LogP contribution in [0.15, 0.2) is 60.7 Å². The first kappa shape index (κ1) is 13.3. The van der Waals surface area contributed by atoms with Crippen molar-refractivity contribution in [2.24, 2.45) is 0 Å². The molecule has 0 saturated carbocycles. The quantitative estimate of drug-likeness (QED) is 0.849. The molecule has 98 valence electrons. The fraction of sp³-hybridized carbons (Fsp3) is 0.235. The summed E-state index contributed by atoms with van der Waals surface area (Å²) in [6.45, 7) is 2.16. The Morgan fingerprint density at radius 1 is 1.00 bits per heavy atom. The van der Waals surface area contributed by atoms with E-state index in [1.165, 1.54) is 5.56 Å². The smallest absolute Gasteiger partial charge is 0.224 e. The molecule has 0 radical (unpaired) electrons. The summed E-state index contributed by atoms with van der Waals surface area (Å²) in [4.78, 5) is 11.8. The van der Waals surface area contributed by atoms with Crippen molar-refractivity contribution in [3.05, 3.63) is 66.2 Å². The highest BCUT2D eigenvalue weighted by Crippen LogP contribution is 2.20. The summed E-state index contributed by atoms with van der Waals surface area (Å²) in [5.41, 5.74) is 2.15. The van der Waals surface area contributed by atoms with E-state index in [9.17, 15) is 4.79 Å². The number of hydrogen-bond donors (Lipinski definition) is 1. The fourth-order valence-corrected chi connectivity index (χ4v) is 2.04. The van der Waals surface area contributed by atoms with Crippen molar-refractivity contribution >= 4 is 11.6 Å². The summed E-state index contributed by atoms with van der Waals surface area (Å²) in [5.74, 6) is 0.483. The van der Waals surface area contributed by atoms with Crippen LogP contribution in [0.25, 0.3) is 0 Å². The SMILES string of the molecule is C[C@H](CCC(=O)Nc1ccccc1)c1ccccc1. The number of carbonyl (C=O) groups excluding carboxylic acids is 1. The minimum absolute atomic E-state index is 0.0778. The van der Waals surface area contributed by atoms with Gasteiger partial charge in [-0.05, 0) is 30.0 Å². The van der Waals surface area contributed by atoms with E-state index in [0.717, 1.165) is 12.1 Å². The van der Waals surface area contributed by atoms with Crippen LogP contribution in [0.1, 0.15) is 31.2 Å². The maximum Gasteiger partial charge on any atom is 0.224 e. The third-order valence-corrected chi connectivity index (χ3v) is 3.23. The molecule has 2 nitrogen and oxygen atoms in total. The molecule has 2 aromatic carbocycles. The first-order valence-corrected chi connectivity index (χ1v) is 6.65. The number of para-hydroxylation sites is 1. The van der Waals surface area contributed by atoms with Gasteiger partial charge in [0.1, 0.15) is 0 Å². The van der Waals surface area contributed by atoms with Gasteiger partial charge in [-0.15, -0.1) is 0 Å². The number of anilines is 1. The van der Waals surface area contributed by atoms with Gasteiger partial charge in [-0.25, -0.2) is 0 Å². The average Bonchev–Trinajstić information content (AvgIpc) is 2.47. The number of nitrogens with one attached hydrogen (secondary N) is 1. The molecule has 1 N–H and O–H groups in total. The van der Waals surface area contributed by atoms with Gasteiger partial charge in [0, 0.05) is 12.1 Å². The van der Waals surface area contributed by atoms with Crippen LogP contribution in [-0.2, 0) is 4.79 Å². The molecule has 2 rings (SSSR count). The van der Waals surface area contributed by atoms with Gasteiger partial charge in [-0.1, -0.05) is 55.5 Å². The first-order valence-electron chi connectivity index (χ1n) is 6.65. The zero-order valence-corrected chi connectivity index (χ0v) is 11.2. The highest BCUT2D eigenvalue weighted by Gasteiger charge is 2.08. The summed E-state index contributed by atoms with van der Waals surface area (Å²) in [6, 6.07) is 19.9. The molecule has 0 spiro atoms. The molecule has 1 atom stereocenters. The zero-order valence-electron chi connectivity index (χ0n) is 11.2. The van der Waals surface area contributed by atoms with Gasteiger partial charge in [0.25, 0.3) is 0 Å². The van der Waals surface area contributed by atoms with E-state index < -0.39 is 0 Å². The Bertz CT molecular complexity index is 507. The van der Waals surface area contributed by atoms with E-state index in [2.05, 4.69) is 24.4 Å². The van der Waals surface area contributed by atoms with Crippen molar-refractivity contribution in [2.45, 2.75) is 25.7 Å². The lowest BCUT2D eigenvalue weighted by molar-refractivity contribution is -0.116. The predicted octanol–water partition coefficient (Wildman–Crippen LogP) is 4.21. The Balaban J connectivity index is 1.81. The molecule has 1 amide bonds. The fourth-order valence-electron chi connectivity index (χ4n) is 2.04. The van der Waals surface area contributed by atoms with Gasteiger partial charge in [0.2, 0.25) is 5.91 Å². The Kier molecular flexibility index (Phi) is 4.73. The molecular formula is C17H19NO. The molecule has 2 heteroatoms. The Morgan fingerprint density at radius 3 is 2.21 bits per heavy atom. The highest BCUT2D eigenvalue weighted by atomic mass is 16.1. The normalized spacial score (nSPS) is 11.8. The molecule has 19 heavy (non-hydrogen) atoms. The molecule has 0 aliphatic heterocycles. The largest absolute Gasteiger partial charge is 0.326 e. The van der Waals surface area contributed by atoms with E-state index in [0.29, 0.717) is 12.3 Å². The van der Waals surface area contributed by atoms with E-state index >= 15 is 0 Å². The van der Waals surface area contributed by atoms with Crippen molar-refractivity contribution in [3.63, 3.8) is 0 Å². The maximum atomic E-state index is 11.8. The summed E-state index contributed by atoms with van der Waals surface area (Å²) in [5, 5.41) is 2.91. The predicted molar refractivity (Wildman–Crippen MR) is 79.2 cm³/mol. The van der Waals surface area contributed by atoms with Gasteiger partial charge in [-0.2, -0.15) is 0 Å². The highest BCUT2D eigenvalue weighted by molar-refractivity contribution is 5.90. The number of amides is 1. The van der Waals surface area contributed by atoms with Crippen LogP contribution >= 0.6 is 0 Å². The Labute approximate surface area is 114 Å². The summed E-state index contributed by atoms with van der Waals surface area (Å²) >= 11 is 0. The second-order valence-corrected chi connectivity index (χ2v) is 4.76. The summed E-state index contributed by atoms with van der Waals surface area (Å²) in [6.07, 6.45) is 1.41. The average molecular weight is 253 g/mol. The van der Waals surface area contributed by atoms with E-state index in [1.807, 2.05) is 48.5 Å². The number of carbonyl (C=O) groups is 1. The van der Waals surface area contributed by atoms with Crippen LogP contribution < -0.4 is 5.32 Å². The maximum absolute atomic E-state index is 11.8. The van der Waals surface area contributed by atoms with E-state index in [-0.39, 0.29) is 5.91 Å². The van der Waals surface area contributed by atoms with Crippen LogP contribution in [0.5, 0.6) is 0 Å². The number of rotatable bonds is 5. The molecule has 0 unspecified atom stereocenters. The lowest BCUT2D eigenvalue weighted by Crippen LogP contribution is -2.12. The van der Waals surface area contributed by atoms with E-state index in [4.69, 9.17) is 0 Å². The van der Waals surface area contributed by atoms with Crippen LogP contribution in [0.2, 0.25) is 0 Å². The van der Waals surface area contributed by atoms with E-state index in [1.54, 1.807) is 0 Å². The molecule has 0 saturated heterocycles. The molecule has 0 heterocycles. The molecule has 0 aromatic heterocycles. The van der Waals surface area contributed by atoms with Crippen molar-refractivity contribution in [1.29, 1.82) is 0 Å². The Hall–Kier alpha value is -2.09. The minimum Gasteiger partial charge on any atom is -0.326 e. The van der Waals surface area contributed by atoms with Crippen molar-refractivity contribution in [2.75, 3.05) is 5.32 Å². The molecule has 0 aliphatic rings. The molecule has 0 bridgehead atoms. The van der Waals surface area contributed by atoms with Crippen LogP contribution in [-0.4, -0.2) is 5.91 Å².